The maximum absolute atomic E-state index is 12.7. The van der Waals surface area contributed by atoms with E-state index in [0.29, 0.717) is 11.4 Å². The highest BCUT2D eigenvalue weighted by atomic mass is 35.5. The molecule has 3 rings (SSSR count). The number of aromatic nitrogens is 2. The molecule has 1 aliphatic rings. The van der Waals surface area contributed by atoms with Crippen molar-refractivity contribution in [2.75, 3.05) is 10.6 Å². The van der Waals surface area contributed by atoms with Crippen LogP contribution in [0.15, 0.2) is 42.7 Å². The van der Waals surface area contributed by atoms with Crippen LogP contribution in [0, 0.1) is 5.92 Å². The molecule has 0 radical (unpaired) electrons. The van der Waals surface area contributed by atoms with Crippen LogP contribution in [-0.2, 0) is 9.59 Å². The number of hydrogen-bond donors (Lipinski definition) is 3. The molecule has 1 fully saturated rings. The van der Waals surface area contributed by atoms with Crippen LogP contribution in [0.3, 0.4) is 0 Å². The first-order chi connectivity index (χ1) is 12.9. The largest absolute Gasteiger partial charge is 0.326 e. The quantitative estimate of drug-likeness (QED) is 0.709. The van der Waals surface area contributed by atoms with Crippen LogP contribution in [0.25, 0.3) is 0 Å². The topological polar surface area (TPSA) is 102 Å². The van der Waals surface area contributed by atoms with E-state index in [4.69, 9.17) is 5.73 Å². The molecule has 0 aliphatic heterocycles. The zero-order valence-electron chi connectivity index (χ0n) is 16.2. The molecule has 0 saturated heterocycles. The van der Waals surface area contributed by atoms with Crippen molar-refractivity contribution in [2.45, 2.75) is 51.1 Å². The minimum absolute atomic E-state index is 0. The van der Waals surface area contributed by atoms with Crippen molar-refractivity contribution in [3.05, 3.63) is 42.7 Å². The van der Waals surface area contributed by atoms with Gasteiger partial charge in [0.1, 0.15) is 6.04 Å². The molecular formula is C20H28ClN5O2. The van der Waals surface area contributed by atoms with Crippen LogP contribution < -0.4 is 16.4 Å². The number of anilines is 2. The third kappa shape index (κ3) is 5.11. The molecule has 8 heteroatoms. The Morgan fingerprint density at radius 2 is 1.96 bits per heavy atom. The van der Waals surface area contributed by atoms with E-state index >= 15 is 0 Å². The maximum atomic E-state index is 12.7. The van der Waals surface area contributed by atoms with Gasteiger partial charge in [-0.15, -0.1) is 12.4 Å². The van der Waals surface area contributed by atoms with Gasteiger partial charge in [0.05, 0.1) is 5.92 Å². The highest BCUT2D eigenvalue weighted by Gasteiger charge is 2.37. The van der Waals surface area contributed by atoms with Crippen LogP contribution in [0.5, 0.6) is 0 Å². The Kier molecular flexibility index (Phi) is 7.21. The second-order valence-corrected chi connectivity index (χ2v) is 7.53. The second kappa shape index (κ2) is 9.21. The van der Waals surface area contributed by atoms with Crippen LogP contribution in [0.2, 0.25) is 0 Å². The van der Waals surface area contributed by atoms with Gasteiger partial charge in [-0.25, -0.2) is 0 Å². The summed E-state index contributed by atoms with van der Waals surface area (Å²) in [5.41, 5.74) is 7.11. The molecule has 1 aliphatic carbocycles. The van der Waals surface area contributed by atoms with Gasteiger partial charge in [-0.2, -0.15) is 5.10 Å². The lowest BCUT2D eigenvalue weighted by atomic mass is 9.74. The lowest BCUT2D eigenvalue weighted by Crippen LogP contribution is -2.51. The van der Waals surface area contributed by atoms with Gasteiger partial charge in [-0.1, -0.05) is 18.9 Å². The third-order valence-electron chi connectivity index (χ3n) is 5.27. The van der Waals surface area contributed by atoms with Gasteiger partial charge in [0, 0.05) is 29.3 Å². The minimum atomic E-state index is -0.479. The lowest BCUT2D eigenvalue weighted by molar-refractivity contribution is -0.123. The second-order valence-electron chi connectivity index (χ2n) is 7.53. The molecule has 1 aromatic carbocycles. The predicted octanol–water partition coefficient (Wildman–Crippen LogP) is 3.35. The number of nitrogens with one attached hydrogen (secondary N) is 2. The van der Waals surface area contributed by atoms with E-state index in [9.17, 15) is 9.59 Å². The average molecular weight is 406 g/mol. The zero-order valence-corrected chi connectivity index (χ0v) is 17.0. The molecule has 3 unspecified atom stereocenters. The van der Waals surface area contributed by atoms with Crippen LogP contribution in [0.4, 0.5) is 11.4 Å². The summed E-state index contributed by atoms with van der Waals surface area (Å²) < 4.78 is 1.59. The number of carbonyl (C=O) groups is 2. The highest BCUT2D eigenvalue weighted by Crippen LogP contribution is 2.32. The molecule has 0 spiro atoms. The number of hydrogen-bond acceptors (Lipinski definition) is 4. The highest BCUT2D eigenvalue weighted by molar-refractivity contribution is 5.96. The van der Waals surface area contributed by atoms with Crippen LogP contribution in [-0.4, -0.2) is 27.1 Å². The van der Waals surface area contributed by atoms with Crippen LogP contribution >= 0.6 is 12.4 Å². The van der Waals surface area contributed by atoms with Gasteiger partial charge in [0.25, 0.3) is 0 Å². The molecule has 2 aromatic rings. The Labute approximate surface area is 171 Å². The molecule has 3 atom stereocenters. The minimum Gasteiger partial charge on any atom is -0.326 e. The molecule has 152 valence electrons. The molecule has 7 nitrogen and oxygen atoms in total. The lowest BCUT2D eigenvalue weighted by Gasteiger charge is -2.37. The van der Waals surface area contributed by atoms with E-state index in [1.807, 2.05) is 6.92 Å². The van der Waals surface area contributed by atoms with E-state index in [0.717, 1.165) is 25.7 Å². The zero-order chi connectivity index (χ0) is 19.4. The van der Waals surface area contributed by atoms with Gasteiger partial charge in [0.15, 0.2) is 0 Å². The number of nitrogens with two attached hydrogens (primary N) is 1. The van der Waals surface area contributed by atoms with E-state index < -0.39 is 11.6 Å². The van der Waals surface area contributed by atoms with E-state index in [2.05, 4.69) is 15.7 Å². The third-order valence-corrected chi connectivity index (χ3v) is 5.27. The van der Waals surface area contributed by atoms with E-state index in [1.165, 1.54) is 0 Å². The van der Waals surface area contributed by atoms with Crippen molar-refractivity contribution >= 4 is 35.6 Å². The Morgan fingerprint density at radius 3 is 2.61 bits per heavy atom. The van der Waals surface area contributed by atoms with Gasteiger partial charge in [-0.05, 0) is 51.0 Å². The number of amides is 2. The van der Waals surface area contributed by atoms with Gasteiger partial charge >= 0.3 is 0 Å². The van der Waals surface area contributed by atoms with Gasteiger partial charge in [-0.3, -0.25) is 14.3 Å². The number of rotatable bonds is 5. The van der Waals surface area contributed by atoms with Crippen LogP contribution in [0.1, 0.15) is 45.6 Å². The molecule has 0 bridgehead atoms. The van der Waals surface area contributed by atoms with Gasteiger partial charge in [0.2, 0.25) is 11.8 Å². The summed E-state index contributed by atoms with van der Waals surface area (Å²) in [6.07, 6.45) is 7.12. The molecule has 1 aromatic heterocycles. The fourth-order valence-corrected chi connectivity index (χ4v) is 3.57. The number of nitrogens with zero attached hydrogens (tertiary/aromatic N) is 2. The predicted molar refractivity (Wildman–Crippen MR) is 112 cm³/mol. The Balaban J connectivity index is 0.00000280. The first-order valence-electron chi connectivity index (χ1n) is 9.36. The summed E-state index contributed by atoms with van der Waals surface area (Å²) >= 11 is 0. The standard InChI is InChI=1S/C20H27N5O2.ClH/c1-14(25-12-6-11-22-25)18(26)23-15-7-5-8-16(13-15)24-19(27)17-9-3-4-10-20(17,2)21;/h5-8,11-14,17H,3-4,9-10,21H2,1-2H3,(H,23,26)(H,24,27);1H. The normalized spacial score (nSPS) is 22.6. The first-order valence-corrected chi connectivity index (χ1v) is 9.36. The van der Waals surface area contributed by atoms with Crippen molar-refractivity contribution in [1.82, 2.24) is 9.78 Å². The fraction of sp³-hybridized carbons (Fsp3) is 0.450. The average Bonchev–Trinajstić information content (AvgIpc) is 3.15. The summed E-state index contributed by atoms with van der Waals surface area (Å²) in [6, 6.07) is 8.49. The molecule has 2 amide bonds. The number of halogens is 1. The first kappa shape index (κ1) is 21.9. The fourth-order valence-electron chi connectivity index (χ4n) is 3.57. The van der Waals surface area contributed by atoms with E-state index in [-0.39, 0.29) is 30.1 Å². The Hall–Kier alpha value is -2.38. The summed E-state index contributed by atoms with van der Waals surface area (Å²) in [4.78, 5) is 25.1. The maximum Gasteiger partial charge on any atom is 0.248 e. The summed E-state index contributed by atoms with van der Waals surface area (Å²) in [7, 11) is 0. The van der Waals surface area contributed by atoms with Gasteiger partial charge < -0.3 is 16.4 Å². The molecule has 1 heterocycles. The molecular weight excluding hydrogens is 378 g/mol. The molecule has 4 N–H and O–H groups in total. The summed E-state index contributed by atoms with van der Waals surface area (Å²) in [5.74, 6) is -0.443. The SMILES string of the molecule is CC(C(=O)Nc1cccc(NC(=O)C2CCCCC2(C)N)c1)n1cccn1.Cl. The van der Waals surface area contributed by atoms with Crippen molar-refractivity contribution in [1.29, 1.82) is 0 Å². The smallest absolute Gasteiger partial charge is 0.248 e. The Morgan fingerprint density at radius 1 is 1.25 bits per heavy atom. The summed E-state index contributed by atoms with van der Waals surface area (Å²) in [5, 5.41) is 9.90. The Bertz CT molecular complexity index is 807. The molecule has 28 heavy (non-hydrogen) atoms. The van der Waals surface area contributed by atoms with Crippen molar-refractivity contribution < 1.29 is 9.59 Å². The van der Waals surface area contributed by atoms with Crippen molar-refractivity contribution in [3.63, 3.8) is 0 Å². The number of benzene rings is 1. The monoisotopic (exact) mass is 405 g/mol. The summed E-state index contributed by atoms with van der Waals surface area (Å²) in [6.45, 7) is 3.73. The van der Waals surface area contributed by atoms with Crippen molar-refractivity contribution in [3.8, 4) is 0 Å². The number of carbonyl (C=O) groups excluding carboxylic acids is 2. The van der Waals surface area contributed by atoms with E-state index in [1.54, 1.807) is 54.3 Å². The molecule has 1 saturated carbocycles. The van der Waals surface area contributed by atoms with Crippen molar-refractivity contribution in [2.24, 2.45) is 11.7 Å².